The maximum atomic E-state index is 5.57. The van der Waals surface area contributed by atoms with Crippen LogP contribution < -0.4 is 5.73 Å². The van der Waals surface area contributed by atoms with Crippen molar-refractivity contribution in [2.75, 3.05) is 20.3 Å². The average molecular weight is 168 g/mol. The van der Waals surface area contributed by atoms with E-state index in [-0.39, 0.29) is 24.6 Å². The molecule has 1 rings (SSSR count). The molecule has 0 aliphatic carbocycles. The number of methoxy groups -OCH3 is 1. The Bertz CT molecular complexity index is 89.8. The van der Waals surface area contributed by atoms with E-state index in [0.717, 1.165) is 6.42 Å². The van der Waals surface area contributed by atoms with E-state index in [1.54, 1.807) is 7.11 Å². The smallest absolute Gasteiger partial charge is 0.0824 e. The Morgan fingerprint density at radius 2 is 2.40 bits per heavy atom. The van der Waals surface area contributed by atoms with Crippen LogP contribution in [0.15, 0.2) is 0 Å². The maximum Gasteiger partial charge on any atom is 0.0824 e. The Kier molecular flexibility index (Phi) is 4.99. The number of ether oxygens (including phenoxy) is 2. The molecule has 0 aromatic rings. The molecule has 1 heterocycles. The quantitative estimate of drug-likeness (QED) is 0.638. The molecule has 0 bridgehead atoms. The lowest BCUT2D eigenvalue weighted by molar-refractivity contribution is 0.0377. The summed E-state index contributed by atoms with van der Waals surface area (Å²) in [5.74, 6) is 0. The number of halogens is 1. The van der Waals surface area contributed by atoms with Gasteiger partial charge in [-0.2, -0.15) is 0 Å². The van der Waals surface area contributed by atoms with Gasteiger partial charge in [-0.15, -0.1) is 12.4 Å². The largest absolute Gasteiger partial charge is 0.382 e. The third-order valence-corrected chi connectivity index (χ3v) is 1.46. The van der Waals surface area contributed by atoms with Crippen molar-refractivity contribution in [3.63, 3.8) is 0 Å². The predicted molar refractivity (Wildman–Crippen MR) is 41.5 cm³/mol. The third kappa shape index (κ3) is 2.84. The molecule has 4 heteroatoms. The van der Waals surface area contributed by atoms with Crippen molar-refractivity contribution in [3.05, 3.63) is 0 Å². The summed E-state index contributed by atoms with van der Waals surface area (Å²) in [5, 5.41) is 0. The minimum absolute atomic E-state index is 0. The van der Waals surface area contributed by atoms with Crippen LogP contribution in [-0.4, -0.2) is 32.5 Å². The zero-order chi connectivity index (χ0) is 6.69. The number of nitrogens with two attached hydrogens (primary N) is 1. The van der Waals surface area contributed by atoms with Crippen molar-refractivity contribution in [2.24, 2.45) is 5.73 Å². The summed E-state index contributed by atoms with van der Waals surface area (Å²) in [6, 6.07) is 0.227. The fourth-order valence-corrected chi connectivity index (χ4v) is 1.04. The lowest BCUT2D eigenvalue weighted by atomic mass is 10.2. The molecule has 1 aliphatic heterocycles. The van der Waals surface area contributed by atoms with E-state index in [1.807, 2.05) is 0 Å². The van der Waals surface area contributed by atoms with Crippen LogP contribution in [0.2, 0.25) is 0 Å². The first-order valence-electron chi connectivity index (χ1n) is 3.19. The molecule has 3 nitrogen and oxygen atoms in total. The van der Waals surface area contributed by atoms with Crippen molar-refractivity contribution in [1.82, 2.24) is 0 Å². The topological polar surface area (TPSA) is 44.5 Å². The molecule has 62 valence electrons. The highest BCUT2D eigenvalue weighted by atomic mass is 35.5. The molecule has 0 spiro atoms. The van der Waals surface area contributed by atoms with Gasteiger partial charge in [-0.05, 0) is 6.42 Å². The van der Waals surface area contributed by atoms with E-state index in [9.17, 15) is 0 Å². The zero-order valence-electron chi connectivity index (χ0n) is 6.08. The van der Waals surface area contributed by atoms with Gasteiger partial charge in [0.1, 0.15) is 0 Å². The van der Waals surface area contributed by atoms with Gasteiger partial charge in [-0.3, -0.25) is 0 Å². The van der Waals surface area contributed by atoms with E-state index in [0.29, 0.717) is 13.2 Å². The van der Waals surface area contributed by atoms with Gasteiger partial charge in [0, 0.05) is 13.2 Å². The highest BCUT2D eigenvalue weighted by Crippen LogP contribution is 2.10. The van der Waals surface area contributed by atoms with Gasteiger partial charge in [0.2, 0.25) is 0 Å². The second kappa shape index (κ2) is 4.91. The summed E-state index contributed by atoms with van der Waals surface area (Å²) in [5.41, 5.74) is 5.57. The normalized spacial score (nSPS) is 31.8. The van der Waals surface area contributed by atoms with Gasteiger partial charge in [0.25, 0.3) is 0 Å². The number of rotatable bonds is 2. The lowest BCUT2D eigenvalue weighted by Gasteiger charge is -2.05. The summed E-state index contributed by atoms with van der Waals surface area (Å²) in [6.07, 6.45) is 1.18. The Morgan fingerprint density at radius 3 is 2.80 bits per heavy atom. The number of hydrogen-bond acceptors (Lipinski definition) is 3. The van der Waals surface area contributed by atoms with Crippen molar-refractivity contribution < 1.29 is 9.47 Å². The van der Waals surface area contributed by atoms with Crippen molar-refractivity contribution in [2.45, 2.75) is 18.6 Å². The van der Waals surface area contributed by atoms with Gasteiger partial charge in [-0.1, -0.05) is 0 Å². The summed E-state index contributed by atoms with van der Waals surface area (Å²) >= 11 is 0. The van der Waals surface area contributed by atoms with E-state index in [1.165, 1.54) is 0 Å². The fraction of sp³-hybridized carbons (Fsp3) is 1.00. The van der Waals surface area contributed by atoms with E-state index >= 15 is 0 Å². The second-order valence-electron chi connectivity index (χ2n) is 2.41. The first kappa shape index (κ1) is 10.2. The minimum atomic E-state index is 0. The molecule has 2 N–H and O–H groups in total. The van der Waals surface area contributed by atoms with Crippen LogP contribution in [0.1, 0.15) is 6.42 Å². The predicted octanol–water partition coefficient (Wildman–Crippen LogP) is 0.171. The van der Waals surface area contributed by atoms with Crippen molar-refractivity contribution >= 4 is 12.4 Å². The van der Waals surface area contributed by atoms with E-state index in [4.69, 9.17) is 15.2 Å². The highest BCUT2D eigenvalue weighted by Gasteiger charge is 2.21. The van der Waals surface area contributed by atoms with Crippen LogP contribution in [0.5, 0.6) is 0 Å². The Hall–Kier alpha value is 0.170. The fourth-order valence-electron chi connectivity index (χ4n) is 1.04. The molecule has 2 atom stereocenters. The van der Waals surface area contributed by atoms with Gasteiger partial charge in [0.15, 0.2) is 0 Å². The van der Waals surface area contributed by atoms with Crippen LogP contribution in [0, 0.1) is 0 Å². The summed E-state index contributed by atoms with van der Waals surface area (Å²) in [6.45, 7) is 1.36. The van der Waals surface area contributed by atoms with Crippen molar-refractivity contribution in [3.8, 4) is 0 Å². The average Bonchev–Trinajstić information content (AvgIpc) is 2.17. The number of hydrogen-bond donors (Lipinski definition) is 1. The summed E-state index contributed by atoms with van der Waals surface area (Å²) < 4.78 is 10.1. The van der Waals surface area contributed by atoms with Gasteiger partial charge in [0.05, 0.1) is 19.3 Å². The van der Waals surface area contributed by atoms with Gasteiger partial charge >= 0.3 is 0 Å². The highest BCUT2D eigenvalue weighted by molar-refractivity contribution is 5.85. The van der Waals surface area contributed by atoms with E-state index < -0.39 is 0 Å². The van der Waals surface area contributed by atoms with E-state index in [2.05, 4.69) is 0 Å². The minimum Gasteiger partial charge on any atom is -0.382 e. The Labute approximate surface area is 67.3 Å². The van der Waals surface area contributed by atoms with Crippen LogP contribution in [-0.2, 0) is 9.47 Å². The molecule has 2 unspecified atom stereocenters. The lowest BCUT2D eigenvalue weighted by Crippen LogP contribution is -2.20. The first-order chi connectivity index (χ1) is 4.33. The van der Waals surface area contributed by atoms with Crippen LogP contribution in [0.25, 0.3) is 0 Å². The third-order valence-electron chi connectivity index (χ3n) is 1.46. The monoisotopic (exact) mass is 167 g/mol. The molecular weight excluding hydrogens is 154 g/mol. The SMILES string of the molecule is COCC1CC(N)CO1.Cl. The second-order valence-corrected chi connectivity index (χ2v) is 2.41. The molecule has 0 amide bonds. The van der Waals surface area contributed by atoms with Gasteiger partial charge < -0.3 is 15.2 Å². The molecule has 0 aromatic carbocycles. The maximum absolute atomic E-state index is 5.57. The zero-order valence-corrected chi connectivity index (χ0v) is 6.89. The molecule has 0 aromatic heterocycles. The van der Waals surface area contributed by atoms with Crippen molar-refractivity contribution in [1.29, 1.82) is 0 Å². The first-order valence-corrected chi connectivity index (χ1v) is 3.19. The van der Waals surface area contributed by atoms with Crippen LogP contribution >= 0.6 is 12.4 Å². The standard InChI is InChI=1S/C6H13NO2.ClH/c1-8-4-6-2-5(7)3-9-6;/h5-6H,2-4,7H2,1H3;1H. The Morgan fingerprint density at radius 1 is 1.70 bits per heavy atom. The summed E-state index contributed by atoms with van der Waals surface area (Å²) in [7, 11) is 1.67. The molecule has 1 fully saturated rings. The molecule has 1 aliphatic rings. The van der Waals surface area contributed by atoms with Crippen LogP contribution in [0.4, 0.5) is 0 Å². The van der Waals surface area contributed by atoms with Gasteiger partial charge in [-0.25, -0.2) is 0 Å². The molecule has 0 radical (unpaired) electrons. The van der Waals surface area contributed by atoms with Crippen LogP contribution in [0.3, 0.4) is 0 Å². The summed E-state index contributed by atoms with van der Waals surface area (Å²) in [4.78, 5) is 0. The Balaban J connectivity index is 0.000000810. The molecule has 1 saturated heterocycles. The molecular formula is C6H14ClNO2. The molecule has 0 saturated carbocycles. The molecule has 10 heavy (non-hydrogen) atoms.